The first-order valence-electron chi connectivity index (χ1n) is 6.71. The summed E-state index contributed by atoms with van der Waals surface area (Å²) in [6.45, 7) is 6.24. The minimum Gasteiger partial charge on any atom is -0.505 e. The summed E-state index contributed by atoms with van der Waals surface area (Å²) in [4.78, 5) is 18.1. The van der Waals surface area contributed by atoms with Crippen LogP contribution in [0.25, 0.3) is 0 Å². The summed E-state index contributed by atoms with van der Waals surface area (Å²) in [5, 5.41) is 9.75. The van der Waals surface area contributed by atoms with Crippen LogP contribution in [0.15, 0.2) is 18.3 Å². The summed E-state index contributed by atoms with van der Waals surface area (Å²) in [6, 6.07) is 3.13. The van der Waals surface area contributed by atoms with Crippen molar-refractivity contribution in [3.63, 3.8) is 0 Å². The topological polar surface area (TPSA) is 62.7 Å². The summed E-state index contributed by atoms with van der Waals surface area (Å²) in [6.07, 6.45) is 2.28. The van der Waals surface area contributed by atoms with E-state index in [-0.39, 0.29) is 34.4 Å². The Morgan fingerprint density at radius 2 is 2.15 bits per heavy atom. The second kappa shape index (κ2) is 4.74. The molecule has 1 saturated carbocycles. The zero-order valence-corrected chi connectivity index (χ0v) is 12.7. The molecule has 0 saturated heterocycles. The highest BCUT2D eigenvalue weighted by Gasteiger charge is 2.60. The van der Waals surface area contributed by atoms with E-state index in [0.29, 0.717) is 0 Å². The number of carbonyl (C=O) groups excluding carboxylic acids is 1. The van der Waals surface area contributed by atoms with Gasteiger partial charge in [0.1, 0.15) is 5.75 Å². The number of ether oxygens (including phenoxy) is 1. The molecule has 1 aliphatic rings. The molecule has 110 valence electrons. The Labute approximate surface area is 119 Å². The zero-order chi connectivity index (χ0) is 15.1. The van der Waals surface area contributed by atoms with E-state index in [1.807, 2.05) is 0 Å². The second-order valence-electron chi connectivity index (χ2n) is 6.16. The number of carbonyl (C=O) groups is 1. The maximum atomic E-state index is 12.4. The largest absolute Gasteiger partial charge is 0.505 e. The summed E-state index contributed by atoms with van der Waals surface area (Å²) in [5.41, 5.74) is -0.300. The number of rotatable bonds is 3. The summed E-state index contributed by atoms with van der Waals surface area (Å²) < 4.78 is 5.58. The molecule has 1 aromatic rings. The van der Waals surface area contributed by atoms with E-state index >= 15 is 0 Å². The molecular weight excluding hydrogens is 256 g/mol. The first kappa shape index (κ1) is 14.8. The lowest BCUT2D eigenvalue weighted by Gasteiger charge is -2.61. The van der Waals surface area contributed by atoms with Gasteiger partial charge in [0.05, 0.1) is 5.60 Å². The highest BCUT2D eigenvalue weighted by molar-refractivity contribution is 5.95. The van der Waals surface area contributed by atoms with Gasteiger partial charge < -0.3 is 14.7 Å². The van der Waals surface area contributed by atoms with Gasteiger partial charge in [-0.2, -0.15) is 0 Å². The monoisotopic (exact) mass is 278 g/mol. The highest BCUT2D eigenvalue weighted by atomic mass is 16.5. The molecule has 2 atom stereocenters. The Kier molecular flexibility index (Phi) is 3.50. The minimum atomic E-state index is -0.265. The first-order valence-corrected chi connectivity index (χ1v) is 6.71. The molecule has 0 spiro atoms. The quantitative estimate of drug-likeness (QED) is 0.919. The molecule has 0 radical (unpaired) electrons. The lowest BCUT2D eigenvalue weighted by atomic mass is 9.55. The Morgan fingerprint density at radius 1 is 1.50 bits per heavy atom. The first-order chi connectivity index (χ1) is 9.24. The van der Waals surface area contributed by atoms with Crippen molar-refractivity contribution in [3.8, 4) is 5.75 Å². The smallest absolute Gasteiger partial charge is 0.276 e. The number of aromatic hydroxyl groups is 1. The average Bonchev–Trinajstić information content (AvgIpc) is 2.43. The molecule has 1 aromatic heterocycles. The van der Waals surface area contributed by atoms with Gasteiger partial charge in [0.15, 0.2) is 5.69 Å². The van der Waals surface area contributed by atoms with Gasteiger partial charge in [-0.05, 0) is 25.5 Å². The molecule has 1 N–H and O–H groups in total. The van der Waals surface area contributed by atoms with Gasteiger partial charge in [-0.15, -0.1) is 0 Å². The van der Waals surface area contributed by atoms with Crippen molar-refractivity contribution in [3.05, 3.63) is 24.0 Å². The minimum absolute atomic E-state index is 0.0568. The van der Waals surface area contributed by atoms with Gasteiger partial charge in [-0.3, -0.25) is 4.79 Å². The van der Waals surface area contributed by atoms with Crippen molar-refractivity contribution in [2.45, 2.75) is 38.8 Å². The average molecular weight is 278 g/mol. The highest BCUT2D eigenvalue weighted by Crippen LogP contribution is 2.53. The van der Waals surface area contributed by atoms with Crippen molar-refractivity contribution in [2.24, 2.45) is 5.41 Å². The molecule has 0 bridgehead atoms. The van der Waals surface area contributed by atoms with E-state index in [0.717, 1.165) is 6.42 Å². The van der Waals surface area contributed by atoms with Crippen LogP contribution >= 0.6 is 0 Å². The van der Waals surface area contributed by atoms with E-state index in [2.05, 4.69) is 25.8 Å². The second-order valence-corrected chi connectivity index (χ2v) is 6.16. The van der Waals surface area contributed by atoms with Crippen LogP contribution in [0.4, 0.5) is 0 Å². The van der Waals surface area contributed by atoms with Crippen LogP contribution in [-0.4, -0.2) is 46.7 Å². The Morgan fingerprint density at radius 3 is 2.65 bits per heavy atom. The normalized spacial score (nSPS) is 27.8. The molecule has 0 unspecified atom stereocenters. The lowest BCUT2D eigenvalue weighted by Crippen LogP contribution is -2.68. The third kappa shape index (κ3) is 1.97. The number of nitrogens with zero attached hydrogens (tertiary/aromatic N) is 2. The number of amides is 1. The maximum absolute atomic E-state index is 12.4. The number of aromatic nitrogens is 1. The summed E-state index contributed by atoms with van der Waals surface area (Å²) >= 11 is 0. The van der Waals surface area contributed by atoms with Crippen LogP contribution in [0, 0.1) is 5.41 Å². The van der Waals surface area contributed by atoms with Crippen molar-refractivity contribution >= 4 is 5.91 Å². The van der Waals surface area contributed by atoms with E-state index < -0.39 is 0 Å². The van der Waals surface area contributed by atoms with Gasteiger partial charge in [-0.1, -0.05) is 13.8 Å². The molecule has 1 aliphatic carbocycles. The van der Waals surface area contributed by atoms with Crippen LogP contribution in [0.3, 0.4) is 0 Å². The summed E-state index contributed by atoms with van der Waals surface area (Å²) in [5.74, 6) is -0.352. The van der Waals surface area contributed by atoms with Gasteiger partial charge in [0, 0.05) is 31.8 Å². The number of hydrogen-bond donors (Lipinski definition) is 1. The molecule has 1 amide bonds. The molecule has 2 rings (SSSR count). The SMILES string of the molecule is CO[C@@]1(C)C[C@H](N(C)C(=O)c2ncccc2O)C1(C)C. The Bertz CT molecular complexity index is 530. The van der Waals surface area contributed by atoms with Gasteiger partial charge in [0.25, 0.3) is 5.91 Å². The van der Waals surface area contributed by atoms with E-state index in [1.165, 1.54) is 12.3 Å². The fourth-order valence-electron chi connectivity index (χ4n) is 2.95. The van der Waals surface area contributed by atoms with Gasteiger partial charge >= 0.3 is 0 Å². The van der Waals surface area contributed by atoms with Crippen molar-refractivity contribution in [1.29, 1.82) is 0 Å². The third-order valence-electron chi connectivity index (χ3n) is 5.01. The predicted molar refractivity (Wildman–Crippen MR) is 75.6 cm³/mol. The van der Waals surface area contributed by atoms with Crippen LogP contribution < -0.4 is 0 Å². The fourth-order valence-corrected chi connectivity index (χ4v) is 2.95. The molecular formula is C15H22N2O3. The molecule has 1 fully saturated rings. The van der Waals surface area contributed by atoms with E-state index in [9.17, 15) is 9.90 Å². The van der Waals surface area contributed by atoms with Crippen molar-refractivity contribution < 1.29 is 14.6 Å². The van der Waals surface area contributed by atoms with E-state index in [4.69, 9.17) is 4.74 Å². The van der Waals surface area contributed by atoms with Gasteiger partial charge in [0.2, 0.25) is 0 Å². The lowest BCUT2D eigenvalue weighted by molar-refractivity contribution is -0.198. The summed E-state index contributed by atoms with van der Waals surface area (Å²) in [7, 11) is 3.45. The maximum Gasteiger partial charge on any atom is 0.276 e. The van der Waals surface area contributed by atoms with Crippen LogP contribution in [-0.2, 0) is 4.74 Å². The fraction of sp³-hybridized carbons (Fsp3) is 0.600. The zero-order valence-electron chi connectivity index (χ0n) is 12.7. The molecule has 0 aliphatic heterocycles. The molecule has 1 heterocycles. The van der Waals surface area contributed by atoms with Crippen LogP contribution in [0.2, 0.25) is 0 Å². The van der Waals surface area contributed by atoms with E-state index in [1.54, 1.807) is 25.1 Å². The van der Waals surface area contributed by atoms with Crippen molar-refractivity contribution in [1.82, 2.24) is 9.88 Å². The molecule has 5 heteroatoms. The van der Waals surface area contributed by atoms with Crippen molar-refractivity contribution in [2.75, 3.05) is 14.2 Å². The number of pyridine rings is 1. The van der Waals surface area contributed by atoms with Crippen LogP contribution in [0.5, 0.6) is 5.75 Å². The van der Waals surface area contributed by atoms with Gasteiger partial charge in [-0.25, -0.2) is 4.98 Å². The number of hydrogen-bond acceptors (Lipinski definition) is 4. The third-order valence-corrected chi connectivity index (χ3v) is 5.01. The molecule has 0 aromatic carbocycles. The molecule has 20 heavy (non-hydrogen) atoms. The Balaban J connectivity index is 2.20. The predicted octanol–water partition coefficient (Wildman–Crippen LogP) is 2.06. The number of methoxy groups -OCH3 is 1. The molecule has 5 nitrogen and oxygen atoms in total. The van der Waals surface area contributed by atoms with Crippen LogP contribution in [0.1, 0.15) is 37.7 Å². The Hall–Kier alpha value is -1.62. The standard InChI is InChI=1S/C15H22N2O3/c1-14(2)11(9-15(14,3)20-5)17(4)13(19)12-10(18)7-6-8-16-12/h6-8,11,18H,9H2,1-5H3/t11-,15-/m0/s1.